The molecule has 2 aliphatic heterocycles. The molecule has 2 aromatic rings. The first kappa shape index (κ1) is 13.7. The van der Waals surface area contributed by atoms with Gasteiger partial charge in [-0.1, -0.05) is 17.7 Å². The van der Waals surface area contributed by atoms with Crippen molar-refractivity contribution in [1.29, 1.82) is 0 Å². The van der Waals surface area contributed by atoms with Gasteiger partial charge < -0.3 is 9.47 Å². The largest absolute Gasteiger partial charge is 0.331 e. The van der Waals surface area contributed by atoms with Crippen LogP contribution in [0.15, 0.2) is 36.2 Å². The van der Waals surface area contributed by atoms with Crippen LogP contribution in [0.5, 0.6) is 0 Å². The number of rotatable bonds is 0. The third-order valence-electron chi connectivity index (χ3n) is 4.87. The first-order valence-electron chi connectivity index (χ1n) is 7.94. The van der Waals surface area contributed by atoms with E-state index in [1.807, 2.05) is 18.5 Å². The lowest BCUT2D eigenvalue weighted by Gasteiger charge is -2.26. The number of imidazole rings is 1. The van der Waals surface area contributed by atoms with E-state index in [2.05, 4.69) is 27.6 Å². The molecule has 0 bridgehead atoms. The van der Waals surface area contributed by atoms with Crippen molar-refractivity contribution < 1.29 is 4.39 Å². The van der Waals surface area contributed by atoms with Crippen molar-refractivity contribution in [1.82, 2.24) is 14.5 Å². The predicted octanol–water partition coefficient (Wildman–Crippen LogP) is 3.11. The number of likely N-dealkylation sites (tertiary alicyclic amines) is 1. The van der Waals surface area contributed by atoms with Gasteiger partial charge in [0.15, 0.2) is 0 Å². The molecule has 0 atom stereocenters. The minimum absolute atomic E-state index is 0.0886. The van der Waals surface area contributed by atoms with Crippen LogP contribution in [-0.2, 0) is 13.0 Å². The van der Waals surface area contributed by atoms with Gasteiger partial charge in [-0.3, -0.25) is 0 Å². The van der Waals surface area contributed by atoms with Crippen molar-refractivity contribution in [3.63, 3.8) is 0 Å². The van der Waals surface area contributed by atoms with E-state index in [4.69, 9.17) is 0 Å². The molecule has 0 unspecified atom stereocenters. The van der Waals surface area contributed by atoms with E-state index in [0.29, 0.717) is 0 Å². The molecular formula is C18H20FN3. The number of aromatic nitrogens is 2. The van der Waals surface area contributed by atoms with Gasteiger partial charge in [0.05, 0.1) is 0 Å². The predicted molar refractivity (Wildman–Crippen MR) is 85.1 cm³/mol. The maximum atomic E-state index is 14.3. The Morgan fingerprint density at radius 1 is 1.09 bits per heavy atom. The highest BCUT2D eigenvalue weighted by molar-refractivity contribution is 5.81. The topological polar surface area (TPSA) is 21.1 Å². The second kappa shape index (κ2) is 5.36. The Morgan fingerprint density at radius 2 is 1.91 bits per heavy atom. The second-order valence-electron chi connectivity index (χ2n) is 6.24. The Balaban J connectivity index is 1.94. The fraction of sp³-hybridized carbons (Fsp3) is 0.389. The Hall–Kier alpha value is -1.94. The van der Waals surface area contributed by atoms with E-state index < -0.39 is 0 Å². The molecule has 22 heavy (non-hydrogen) atoms. The quantitative estimate of drug-likeness (QED) is 0.745. The van der Waals surface area contributed by atoms with Crippen LogP contribution < -0.4 is 0 Å². The van der Waals surface area contributed by atoms with Crippen molar-refractivity contribution in [3.8, 4) is 0 Å². The molecule has 0 radical (unpaired) electrons. The summed E-state index contributed by atoms with van der Waals surface area (Å²) in [6.45, 7) is 2.91. The Bertz CT molecular complexity index is 735. The van der Waals surface area contributed by atoms with Gasteiger partial charge in [0.25, 0.3) is 0 Å². The van der Waals surface area contributed by atoms with E-state index in [-0.39, 0.29) is 5.82 Å². The number of aryl methyl sites for hydroxylation is 1. The molecule has 3 heterocycles. The van der Waals surface area contributed by atoms with Crippen LogP contribution in [0.2, 0.25) is 0 Å². The fourth-order valence-corrected chi connectivity index (χ4v) is 3.60. The van der Waals surface area contributed by atoms with Crippen molar-refractivity contribution >= 4 is 5.57 Å². The lowest BCUT2D eigenvalue weighted by molar-refractivity contribution is 0.313. The van der Waals surface area contributed by atoms with Crippen LogP contribution in [0, 0.1) is 5.82 Å². The zero-order chi connectivity index (χ0) is 15.1. The molecular weight excluding hydrogens is 277 g/mol. The van der Waals surface area contributed by atoms with Gasteiger partial charge in [-0.05, 0) is 43.5 Å². The number of hydrogen-bond donors (Lipinski definition) is 0. The van der Waals surface area contributed by atoms with Gasteiger partial charge in [-0.25, -0.2) is 9.37 Å². The van der Waals surface area contributed by atoms with E-state index in [9.17, 15) is 4.39 Å². The highest BCUT2D eigenvalue weighted by atomic mass is 19.1. The van der Waals surface area contributed by atoms with Crippen LogP contribution in [0.25, 0.3) is 5.57 Å². The number of hydrogen-bond acceptors (Lipinski definition) is 2. The van der Waals surface area contributed by atoms with Crippen LogP contribution in [0.3, 0.4) is 0 Å². The maximum absolute atomic E-state index is 14.3. The average molecular weight is 297 g/mol. The van der Waals surface area contributed by atoms with Gasteiger partial charge in [0.1, 0.15) is 11.6 Å². The molecule has 4 heteroatoms. The minimum Gasteiger partial charge on any atom is -0.331 e. The van der Waals surface area contributed by atoms with Crippen molar-refractivity contribution in [2.24, 2.45) is 0 Å². The van der Waals surface area contributed by atoms with E-state index in [1.54, 1.807) is 6.07 Å². The fourth-order valence-electron chi connectivity index (χ4n) is 3.60. The maximum Gasteiger partial charge on any atom is 0.140 e. The summed E-state index contributed by atoms with van der Waals surface area (Å²) in [4.78, 5) is 6.94. The summed E-state index contributed by atoms with van der Waals surface area (Å²) >= 11 is 0. The molecule has 2 aliphatic rings. The summed E-state index contributed by atoms with van der Waals surface area (Å²) < 4.78 is 16.5. The Labute approximate surface area is 130 Å². The van der Waals surface area contributed by atoms with Crippen molar-refractivity contribution in [2.75, 3.05) is 20.1 Å². The monoisotopic (exact) mass is 297 g/mol. The summed E-state index contributed by atoms with van der Waals surface area (Å²) in [5, 5.41) is 0. The number of nitrogens with zero attached hydrogens (tertiary/aromatic N) is 3. The van der Waals surface area contributed by atoms with Gasteiger partial charge in [0.2, 0.25) is 0 Å². The Morgan fingerprint density at radius 3 is 2.73 bits per heavy atom. The van der Waals surface area contributed by atoms with Crippen LogP contribution >= 0.6 is 0 Å². The smallest absolute Gasteiger partial charge is 0.140 e. The third kappa shape index (κ3) is 2.18. The van der Waals surface area contributed by atoms with Crippen molar-refractivity contribution in [3.05, 3.63) is 58.9 Å². The molecule has 1 aromatic carbocycles. The van der Waals surface area contributed by atoms with E-state index in [0.717, 1.165) is 55.8 Å². The SMILES string of the molecule is CN1CCC(=C2c3cccc(F)c3CCn3ccnc32)CC1. The van der Waals surface area contributed by atoms with Crippen LogP contribution in [0.1, 0.15) is 29.8 Å². The first-order valence-corrected chi connectivity index (χ1v) is 7.94. The summed E-state index contributed by atoms with van der Waals surface area (Å²) in [6, 6.07) is 5.45. The lowest BCUT2D eigenvalue weighted by atomic mass is 9.90. The van der Waals surface area contributed by atoms with Gasteiger partial charge in [-0.2, -0.15) is 0 Å². The molecule has 1 aromatic heterocycles. The van der Waals surface area contributed by atoms with Crippen LogP contribution in [0.4, 0.5) is 4.39 Å². The lowest BCUT2D eigenvalue weighted by Crippen LogP contribution is -2.27. The molecule has 1 saturated heterocycles. The summed E-state index contributed by atoms with van der Waals surface area (Å²) in [5.74, 6) is 0.915. The molecule has 1 fully saturated rings. The van der Waals surface area contributed by atoms with E-state index in [1.165, 1.54) is 11.1 Å². The number of fused-ring (bicyclic) bond motifs is 2. The highest BCUT2D eigenvalue weighted by Gasteiger charge is 2.25. The normalized spacial score (nSPS) is 18.8. The molecule has 0 saturated carbocycles. The summed E-state index contributed by atoms with van der Waals surface area (Å²) in [5.41, 5.74) is 4.48. The van der Waals surface area contributed by atoms with Gasteiger partial charge in [0, 0.05) is 37.6 Å². The van der Waals surface area contributed by atoms with Gasteiger partial charge in [-0.15, -0.1) is 0 Å². The molecule has 4 rings (SSSR count). The zero-order valence-corrected chi connectivity index (χ0v) is 12.8. The number of piperidine rings is 1. The third-order valence-corrected chi connectivity index (χ3v) is 4.87. The molecule has 0 N–H and O–H groups in total. The Kier molecular flexibility index (Phi) is 3.34. The zero-order valence-electron chi connectivity index (χ0n) is 12.8. The second-order valence-corrected chi connectivity index (χ2v) is 6.24. The molecule has 114 valence electrons. The molecule has 3 nitrogen and oxygen atoms in total. The minimum atomic E-state index is -0.0886. The van der Waals surface area contributed by atoms with Crippen molar-refractivity contribution in [2.45, 2.75) is 25.8 Å². The molecule has 0 spiro atoms. The molecule has 0 amide bonds. The summed E-state index contributed by atoms with van der Waals surface area (Å²) in [6.07, 6.45) is 6.66. The van der Waals surface area contributed by atoms with Crippen LogP contribution in [-0.4, -0.2) is 34.6 Å². The standard InChI is InChI=1S/C18H20FN3/c1-21-9-5-13(6-10-21)17-15-3-2-4-16(19)14(15)7-11-22-12-8-20-18(17)22/h2-4,8,12H,5-7,9-11H2,1H3. The number of benzene rings is 1. The van der Waals surface area contributed by atoms with E-state index >= 15 is 0 Å². The first-order chi connectivity index (χ1) is 10.7. The molecule has 0 aliphatic carbocycles. The van der Waals surface area contributed by atoms with Gasteiger partial charge >= 0.3 is 0 Å². The summed E-state index contributed by atoms with van der Waals surface area (Å²) in [7, 11) is 2.16. The number of halogens is 1. The average Bonchev–Trinajstić information content (AvgIpc) is 2.91. The highest BCUT2D eigenvalue weighted by Crippen LogP contribution is 2.36.